The molecule has 1 heterocycles. The Balaban J connectivity index is 2.53. The maximum absolute atomic E-state index is 10.9. The van der Waals surface area contributed by atoms with Gasteiger partial charge in [-0.15, -0.1) is 0 Å². The van der Waals surface area contributed by atoms with E-state index in [2.05, 4.69) is 20.6 Å². The van der Waals surface area contributed by atoms with Crippen molar-refractivity contribution in [3.63, 3.8) is 0 Å². The average Bonchev–Trinajstić information content (AvgIpc) is 2.27. The lowest BCUT2D eigenvalue weighted by Crippen LogP contribution is -2.26. The van der Waals surface area contributed by atoms with Crippen molar-refractivity contribution < 1.29 is 9.53 Å². The normalized spacial score (nSPS) is 9.47. The molecular formula is C9H14N4O2. The summed E-state index contributed by atoms with van der Waals surface area (Å²) in [5, 5.41) is 5.35. The Morgan fingerprint density at radius 1 is 1.53 bits per heavy atom. The van der Waals surface area contributed by atoms with Crippen LogP contribution in [-0.4, -0.2) is 36.1 Å². The fourth-order valence-corrected chi connectivity index (χ4v) is 0.922. The molecule has 0 fully saturated rings. The number of rotatable bonds is 5. The van der Waals surface area contributed by atoms with Gasteiger partial charge in [0.2, 0.25) is 11.8 Å². The van der Waals surface area contributed by atoms with E-state index in [1.807, 2.05) is 6.92 Å². The molecule has 0 unspecified atom stereocenters. The van der Waals surface area contributed by atoms with E-state index in [1.54, 1.807) is 13.1 Å². The summed E-state index contributed by atoms with van der Waals surface area (Å²) in [7, 11) is 1.58. The van der Waals surface area contributed by atoms with Crippen molar-refractivity contribution in [1.82, 2.24) is 15.3 Å². The molecule has 1 aromatic rings. The lowest BCUT2D eigenvalue weighted by molar-refractivity contribution is -0.118. The van der Waals surface area contributed by atoms with Crippen LogP contribution in [0.1, 0.15) is 6.92 Å². The Hall–Kier alpha value is -1.85. The van der Waals surface area contributed by atoms with Crippen molar-refractivity contribution in [2.45, 2.75) is 6.92 Å². The highest BCUT2D eigenvalue weighted by molar-refractivity contribution is 5.80. The van der Waals surface area contributed by atoms with Gasteiger partial charge in [-0.05, 0) is 6.92 Å². The minimum absolute atomic E-state index is 0.105. The molecule has 0 radical (unpaired) electrons. The molecule has 0 atom stereocenters. The molecule has 1 aromatic heterocycles. The van der Waals surface area contributed by atoms with Crippen LogP contribution in [0.15, 0.2) is 12.4 Å². The lowest BCUT2D eigenvalue weighted by Gasteiger charge is -2.05. The Morgan fingerprint density at radius 2 is 2.33 bits per heavy atom. The number of aromatic nitrogens is 2. The van der Waals surface area contributed by atoms with Gasteiger partial charge in [0.25, 0.3) is 0 Å². The number of hydrogen-bond acceptors (Lipinski definition) is 5. The van der Waals surface area contributed by atoms with Gasteiger partial charge in [0, 0.05) is 13.1 Å². The van der Waals surface area contributed by atoms with Crippen LogP contribution in [0.2, 0.25) is 0 Å². The molecular weight excluding hydrogens is 196 g/mol. The number of nitrogens with zero attached hydrogens (tertiary/aromatic N) is 2. The van der Waals surface area contributed by atoms with Crippen LogP contribution in [0.3, 0.4) is 0 Å². The fourth-order valence-electron chi connectivity index (χ4n) is 0.922. The van der Waals surface area contributed by atoms with Crippen molar-refractivity contribution in [3.8, 4) is 5.88 Å². The molecule has 0 saturated carbocycles. The topological polar surface area (TPSA) is 76.1 Å². The van der Waals surface area contributed by atoms with Gasteiger partial charge in [-0.2, -0.15) is 0 Å². The standard InChI is InChI=1S/C9H14N4O2/c1-3-15-9-4-7(12-6-13-9)11-5-8(14)10-2/h4,6H,3,5H2,1-2H3,(H,10,14)(H,11,12,13). The predicted octanol–water partition coefficient (Wildman–Crippen LogP) is 0.0332. The number of hydrogen-bond donors (Lipinski definition) is 2. The second-order valence-corrected chi connectivity index (χ2v) is 2.70. The van der Waals surface area contributed by atoms with Crippen molar-refractivity contribution in [1.29, 1.82) is 0 Å². The Bertz CT molecular complexity index is 330. The second-order valence-electron chi connectivity index (χ2n) is 2.70. The van der Waals surface area contributed by atoms with Crippen molar-refractivity contribution >= 4 is 11.7 Å². The maximum atomic E-state index is 10.9. The second kappa shape index (κ2) is 5.79. The number of carbonyl (C=O) groups excluding carboxylic acids is 1. The number of likely N-dealkylation sites (N-methyl/N-ethyl adjacent to an activating group) is 1. The third-order valence-electron chi connectivity index (χ3n) is 1.64. The van der Waals surface area contributed by atoms with Gasteiger partial charge >= 0.3 is 0 Å². The van der Waals surface area contributed by atoms with Crippen LogP contribution in [0.25, 0.3) is 0 Å². The summed E-state index contributed by atoms with van der Waals surface area (Å²) >= 11 is 0. The molecule has 2 N–H and O–H groups in total. The Morgan fingerprint density at radius 3 is 3.00 bits per heavy atom. The molecule has 0 aliphatic carbocycles. The van der Waals surface area contributed by atoms with E-state index in [0.717, 1.165) is 0 Å². The summed E-state index contributed by atoms with van der Waals surface area (Å²) in [5.74, 6) is 0.954. The smallest absolute Gasteiger partial charge is 0.239 e. The number of anilines is 1. The number of nitrogens with one attached hydrogen (secondary N) is 2. The van der Waals surface area contributed by atoms with Gasteiger partial charge in [-0.1, -0.05) is 0 Å². The van der Waals surface area contributed by atoms with Gasteiger partial charge in [0.15, 0.2) is 0 Å². The lowest BCUT2D eigenvalue weighted by atomic mass is 10.5. The van der Waals surface area contributed by atoms with Crippen molar-refractivity contribution in [2.24, 2.45) is 0 Å². The Labute approximate surface area is 88.1 Å². The van der Waals surface area contributed by atoms with Crippen LogP contribution in [-0.2, 0) is 4.79 Å². The summed E-state index contributed by atoms with van der Waals surface area (Å²) in [6, 6.07) is 1.65. The number of ether oxygens (including phenoxy) is 1. The minimum atomic E-state index is -0.105. The largest absolute Gasteiger partial charge is 0.478 e. The van der Waals surface area contributed by atoms with E-state index < -0.39 is 0 Å². The molecule has 1 amide bonds. The van der Waals surface area contributed by atoms with Crippen LogP contribution < -0.4 is 15.4 Å². The average molecular weight is 210 g/mol. The van der Waals surface area contributed by atoms with Gasteiger partial charge in [-0.3, -0.25) is 4.79 Å². The SMILES string of the molecule is CCOc1cc(NCC(=O)NC)ncn1. The highest BCUT2D eigenvalue weighted by atomic mass is 16.5. The molecule has 82 valence electrons. The molecule has 6 heteroatoms. The first kappa shape index (κ1) is 11.2. The predicted molar refractivity (Wildman–Crippen MR) is 55.8 cm³/mol. The maximum Gasteiger partial charge on any atom is 0.239 e. The number of carbonyl (C=O) groups is 1. The monoisotopic (exact) mass is 210 g/mol. The third-order valence-corrected chi connectivity index (χ3v) is 1.64. The van der Waals surface area contributed by atoms with E-state index in [-0.39, 0.29) is 12.5 Å². The number of amides is 1. The van der Waals surface area contributed by atoms with Crippen LogP contribution in [0.4, 0.5) is 5.82 Å². The van der Waals surface area contributed by atoms with E-state index in [4.69, 9.17) is 4.74 Å². The third kappa shape index (κ3) is 3.80. The zero-order valence-electron chi connectivity index (χ0n) is 8.78. The fraction of sp³-hybridized carbons (Fsp3) is 0.444. The minimum Gasteiger partial charge on any atom is -0.478 e. The zero-order valence-corrected chi connectivity index (χ0v) is 8.78. The van der Waals surface area contributed by atoms with E-state index >= 15 is 0 Å². The van der Waals surface area contributed by atoms with Crippen LogP contribution in [0.5, 0.6) is 5.88 Å². The van der Waals surface area contributed by atoms with E-state index in [1.165, 1.54) is 6.33 Å². The van der Waals surface area contributed by atoms with Gasteiger partial charge in [0.1, 0.15) is 12.1 Å². The van der Waals surface area contributed by atoms with Gasteiger partial charge < -0.3 is 15.4 Å². The summed E-state index contributed by atoms with van der Waals surface area (Å²) in [6.07, 6.45) is 1.39. The molecule has 15 heavy (non-hydrogen) atoms. The molecule has 0 aliphatic heterocycles. The Kier molecular flexibility index (Phi) is 4.33. The quantitative estimate of drug-likeness (QED) is 0.717. The van der Waals surface area contributed by atoms with Crippen LogP contribution in [0, 0.1) is 0 Å². The zero-order chi connectivity index (χ0) is 11.1. The highest BCUT2D eigenvalue weighted by Crippen LogP contribution is 2.09. The summed E-state index contributed by atoms with van der Waals surface area (Å²) in [4.78, 5) is 18.8. The molecule has 1 rings (SSSR count). The molecule has 0 spiro atoms. The molecule has 0 bridgehead atoms. The van der Waals surface area contributed by atoms with Crippen molar-refractivity contribution in [3.05, 3.63) is 12.4 Å². The molecule has 0 aromatic carbocycles. The van der Waals surface area contributed by atoms with E-state index in [9.17, 15) is 4.79 Å². The first-order valence-electron chi connectivity index (χ1n) is 4.65. The summed E-state index contributed by atoms with van der Waals surface area (Å²) < 4.78 is 5.19. The van der Waals surface area contributed by atoms with E-state index in [0.29, 0.717) is 18.3 Å². The molecule has 6 nitrogen and oxygen atoms in total. The first-order valence-corrected chi connectivity index (χ1v) is 4.65. The first-order chi connectivity index (χ1) is 7.26. The summed E-state index contributed by atoms with van der Waals surface area (Å²) in [5.41, 5.74) is 0. The highest BCUT2D eigenvalue weighted by Gasteiger charge is 2.01. The van der Waals surface area contributed by atoms with Crippen molar-refractivity contribution in [2.75, 3.05) is 25.5 Å². The van der Waals surface area contributed by atoms with Gasteiger partial charge in [0.05, 0.1) is 13.2 Å². The van der Waals surface area contributed by atoms with Gasteiger partial charge in [-0.25, -0.2) is 9.97 Å². The molecule has 0 saturated heterocycles. The summed E-state index contributed by atoms with van der Waals surface area (Å²) in [6.45, 7) is 2.60. The van der Waals surface area contributed by atoms with Crippen LogP contribution >= 0.6 is 0 Å². The molecule has 0 aliphatic rings.